The number of esters is 1. The van der Waals surface area contributed by atoms with Crippen LogP contribution in [0.15, 0.2) is 59.6 Å². The summed E-state index contributed by atoms with van der Waals surface area (Å²) in [6, 6.07) is 17.4. The smallest absolute Gasteiger partial charge is 0.354 e. The second-order valence-electron chi connectivity index (χ2n) is 4.81. The van der Waals surface area contributed by atoms with Crippen molar-refractivity contribution in [2.75, 3.05) is 6.61 Å². The zero-order chi connectivity index (χ0) is 15.4. The Morgan fingerprint density at radius 2 is 2.00 bits per heavy atom. The summed E-state index contributed by atoms with van der Waals surface area (Å²) in [6.45, 7) is 2.15. The number of carbonyl (C=O) groups excluding carboxylic acids is 1. The summed E-state index contributed by atoms with van der Waals surface area (Å²) in [5.74, 6) is -0.343. The van der Waals surface area contributed by atoms with Crippen LogP contribution in [0.3, 0.4) is 0 Å². The number of benzene rings is 2. The van der Waals surface area contributed by atoms with Gasteiger partial charge in [0, 0.05) is 17.2 Å². The lowest BCUT2D eigenvalue weighted by Gasteiger charge is -1.98. The summed E-state index contributed by atoms with van der Waals surface area (Å²) in [4.78, 5) is 19.4. The summed E-state index contributed by atoms with van der Waals surface area (Å²) in [5.41, 5.74) is 3.15. The molecular weight excluding hydrogens is 276 g/mol. The standard InChI is InChI=1S/C18H16N2O2/c1-2-22-18(21)16-11-13-7-6-8-14(17(13)20-16)12-19-15-9-4-3-5-10-15/h3-12,20H,2H2,1H3/b19-12+. The Balaban J connectivity index is 1.96. The second kappa shape index (κ2) is 6.26. The van der Waals surface area contributed by atoms with E-state index in [9.17, 15) is 4.79 Å². The van der Waals surface area contributed by atoms with E-state index in [2.05, 4.69) is 9.98 Å². The number of ether oxygens (including phenoxy) is 1. The van der Waals surface area contributed by atoms with Crippen molar-refractivity contribution in [3.8, 4) is 0 Å². The van der Waals surface area contributed by atoms with Gasteiger partial charge in [0.15, 0.2) is 0 Å². The Kier molecular flexibility index (Phi) is 4.01. The quantitative estimate of drug-likeness (QED) is 0.581. The molecule has 0 saturated heterocycles. The van der Waals surface area contributed by atoms with Crippen LogP contribution in [-0.2, 0) is 4.74 Å². The van der Waals surface area contributed by atoms with Gasteiger partial charge in [-0.3, -0.25) is 4.99 Å². The lowest BCUT2D eigenvalue weighted by molar-refractivity contribution is 0.0520. The fraction of sp³-hybridized carbons (Fsp3) is 0.111. The monoisotopic (exact) mass is 292 g/mol. The van der Waals surface area contributed by atoms with Crippen molar-refractivity contribution in [3.05, 3.63) is 65.9 Å². The highest BCUT2D eigenvalue weighted by Crippen LogP contribution is 2.20. The zero-order valence-electron chi connectivity index (χ0n) is 12.2. The largest absolute Gasteiger partial charge is 0.461 e. The molecule has 22 heavy (non-hydrogen) atoms. The van der Waals surface area contributed by atoms with E-state index in [4.69, 9.17) is 4.74 Å². The number of nitrogens with one attached hydrogen (secondary N) is 1. The summed E-state index contributed by atoms with van der Waals surface area (Å²) in [5, 5.41) is 0.958. The summed E-state index contributed by atoms with van der Waals surface area (Å²) < 4.78 is 5.02. The minimum Gasteiger partial charge on any atom is -0.461 e. The predicted molar refractivity (Wildman–Crippen MR) is 88.0 cm³/mol. The van der Waals surface area contributed by atoms with E-state index >= 15 is 0 Å². The van der Waals surface area contributed by atoms with Crippen LogP contribution in [-0.4, -0.2) is 23.8 Å². The molecule has 0 amide bonds. The number of hydrogen-bond acceptors (Lipinski definition) is 3. The van der Waals surface area contributed by atoms with Crippen LogP contribution in [0.25, 0.3) is 10.9 Å². The number of fused-ring (bicyclic) bond motifs is 1. The molecule has 0 radical (unpaired) electrons. The molecule has 0 aliphatic carbocycles. The van der Waals surface area contributed by atoms with Crippen molar-refractivity contribution in [2.24, 2.45) is 4.99 Å². The average molecular weight is 292 g/mol. The lowest BCUT2D eigenvalue weighted by Crippen LogP contribution is -2.04. The SMILES string of the molecule is CCOC(=O)c1cc2cccc(/C=N/c3ccccc3)c2[nH]1. The van der Waals surface area contributed by atoms with Crippen molar-refractivity contribution < 1.29 is 9.53 Å². The van der Waals surface area contributed by atoms with Gasteiger partial charge in [-0.1, -0.05) is 36.4 Å². The number of nitrogens with zero attached hydrogens (tertiary/aromatic N) is 1. The van der Waals surface area contributed by atoms with E-state index in [1.807, 2.05) is 48.5 Å². The lowest BCUT2D eigenvalue weighted by atomic mass is 10.1. The molecule has 4 nitrogen and oxygen atoms in total. The number of carbonyl (C=O) groups is 1. The maximum Gasteiger partial charge on any atom is 0.354 e. The highest BCUT2D eigenvalue weighted by molar-refractivity contribution is 6.02. The molecule has 0 atom stereocenters. The molecule has 4 heteroatoms. The molecule has 0 aliphatic rings. The molecule has 0 aliphatic heterocycles. The summed E-state index contributed by atoms with van der Waals surface area (Å²) >= 11 is 0. The Morgan fingerprint density at radius 1 is 1.18 bits per heavy atom. The number of aromatic amines is 1. The van der Waals surface area contributed by atoms with Crippen LogP contribution in [0.1, 0.15) is 23.0 Å². The Morgan fingerprint density at radius 3 is 2.77 bits per heavy atom. The van der Waals surface area contributed by atoms with Crippen LogP contribution >= 0.6 is 0 Å². The van der Waals surface area contributed by atoms with Gasteiger partial charge < -0.3 is 9.72 Å². The van der Waals surface area contributed by atoms with Crippen LogP contribution in [0.5, 0.6) is 0 Å². The van der Waals surface area contributed by atoms with Crippen molar-refractivity contribution in [1.29, 1.82) is 0 Å². The van der Waals surface area contributed by atoms with Crippen LogP contribution in [0.2, 0.25) is 0 Å². The molecule has 1 aromatic heterocycles. The minimum absolute atomic E-state index is 0.343. The third-order valence-electron chi connectivity index (χ3n) is 3.29. The van der Waals surface area contributed by atoms with Gasteiger partial charge in [-0.05, 0) is 25.1 Å². The topological polar surface area (TPSA) is 54.4 Å². The molecule has 2 aromatic carbocycles. The van der Waals surface area contributed by atoms with Crippen molar-refractivity contribution >= 4 is 28.8 Å². The van der Waals surface area contributed by atoms with Crippen LogP contribution in [0, 0.1) is 0 Å². The first-order valence-electron chi connectivity index (χ1n) is 7.16. The fourth-order valence-electron chi connectivity index (χ4n) is 2.26. The molecule has 1 N–H and O–H groups in total. The highest BCUT2D eigenvalue weighted by Gasteiger charge is 2.11. The van der Waals surface area contributed by atoms with Gasteiger partial charge in [-0.25, -0.2) is 4.79 Å². The molecule has 0 saturated carbocycles. The molecule has 3 aromatic rings. The average Bonchev–Trinajstić information content (AvgIpc) is 2.99. The number of H-pyrrole nitrogens is 1. The fourth-order valence-corrected chi connectivity index (χ4v) is 2.26. The molecule has 0 unspecified atom stereocenters. The maximum absolute atomic E-state index is 11.8. The summed E-state index contributed by atoms with van der Waals surface area (Å²) in [7, 11) is 0. The normalized spacial score (nSPS) is 11.1. The summed E-state index contributed by atoms with van der Waals surface area (Å²) in [6.07, 6.45) is 1.79. The third-order valence-corrected chi connectivity index (χ3v) is 3.29. The molecule has 110 valence electrons. The number of rotatable bonds is 4. The highest BCUT2D eigenvalue weighted by atomic mass is 16.5. The molecule has 3 rings (SSSR count). The van der Waals surface area contributed by atoms with Crippen molar-refractivity contribution in [2.45, 2.75) is 6.92 Å². The van der Waals surface area contributed by atoms with Crippen LogP contribution in [0.4, 0.5) is 5.69 Å². The number of hydrogen-bond donors (Lipinski definition) is 1. The minimum atomic E-state index is -0.343. The van der Waals surface area contributed by atoms with E-state index in [0.29, 0.717) is 12.3 Å². The zero-order valence-corrected chi connectivity index (χ0v) is 12.2. The number of aliphatic imine (C=N–C) groups is 1. The second-order valence-corrected chi connectivity index (χ2v) is 4.81. The number of para-hydroxylation sites is 2. The maximum atomic E-state index is 11.8. The molecular formula is C18H16N2O2. The molecule has 1 heterocycles. The third kappa shape index (κ3) is 2.91. The molecule has 0 fully saturated rings. The first-order valence-corrected chi connectivity index (χ1v) is 7.16. The number of aromatic nitrogens is 1. The van der Waals surface area contributed by atoms with E-state index in [1.54, 1.807) is 19.2 Å². The van der Waals surface area contributed by atoms with E-state index in [0.717, 1.165) is 22.2 Å². The first kappa shape index (κ1) is 14.1. The molecule has 0 spiro atoms. The van der Waals surface area contributed by atoms with Gasteiger partial charge in [0.1, 0.15) is 5.69 Å². The Labute approximate surface area is 128 Å². The Hall–Kier alpha value is -2.88. The van der Waals surface area contributed by atoms with Gasteiger partial charge in [0.05, 0.1) is 17.8 Å². The predicted octanol–water partition coefficient (Wildman–Crippen LogP) is 4.10. The van der Waals surface area contributed by atoms with Gasteiger partial charge in [-0.2, -0.15) is 0 Å². The van der Waals surface area contributed by atoms with Gasteiger partial charge >= 0.3 is 5.97 Å². The van der Waals surface area contributed by atoms with Crippen molar-refractivity contribution in [3.63, 3.8) is 0 Å². The van der Waals surface area contributed by atoms with E-state index in [1.165, 1.54) is 0 Å². The van der Waals surface area contributed by atoms with Crippen LogP contribution < -0.4 is 0 Å². The van der Waals surface area contributed by atoms with Gasteiger partial charge in [0.2, 0.25) is 0 Å². The van der Waals surface area contributed by atoms with E-state index < -0.39 is 0 Å². The first-order chi connectivity index (χ1) is 10.8. The molecule has 0 bridgehead atoms. The van der Waals surface area contributed by atoms with E-state index in [-0.39, 0.29) is 5.97 Å². The van der Waals surface area contributed by atoms with Gasteiger partial charge in [0.25, 0.3) is 0 Å². The Bertz CT molecular complexity index is 819. The van der Waals surface area contributed by atoms with Crippen molar-refractivity contribution in [1.82, 2.24) is 4.98 Å². The van der Waals surface area contributed by atoms with Gasteiger partial charge in [-0.15, -0.1) is 0 Å².